The van der Waals surface area contributed by atoms with Crippen LogP contribution in [0.25, 0.3) is 6.08 Å². The van der Waals surface area contributed by atoms with Crippen LogP contribution in [0.4, 0.5) is 0 Å². The van der Waals surface area contributed by atoms with E-state index >= 15 is 0 Å². The van der Waals surface area contributed by atoms with E-state index in [2.05, 4.69) is 44.6 Å². The van der Waals surface area contributed by atoms with Gasteiger partial charge in [-0.05, 0) is 40.3 Å². The number of hydrogen-bond donors (Lipinski definition) is 1. The van der Waals surface area contributed by atoms with Gasteiger partial charge in [0.2, 0.25) is 0 Å². The molecule has 98 valence electrons. The first-order valence-corrected chi connectivity index (χ1v) is 7.01. The molecule has 1 aromatic rings. The first-order chi connectivity index (χ1) is 8.52. The summed E-state index contributed by atoms with van der Waals surface area (Å²) in [5.74, 6) is 1.44. The largest absolute Gasteiger partial charge is 0.377 e. The number of H-pyrrole nitrogens is 1. The second-order valence-corrected chi connectivity index (χ2v) is 5.93. The molecule has 0 aromatic carbocycles. The van der Waals surface area contributed by atoms with E-state index in [1.807, 2.05) is 12.3 Å². The summed E-state index contributed by atoms with van der Waals surface area (Å²) in [4.78, 5) is 20.4. The van der Waals surface area contributed by atoms with E-state index in [1.165, 1.54) is 12.5 Å². The highest BCUT2D eigenvalue weighted by Crippen LogP contribution is 2.21. The third kappa shape index (κ3) is 3.70. The van der Waals surface area contributed by atoms with Gasteiger partial charge in [-0.3, -0.25) is 4.79 Å². The van der Waals surface area contributed by atoms with Crippen molar-refractivity contribution in [3.8, 4) is 0 Å². The normalized spacial score (nSPS) is 24.7. The Morgan fingerprint density at radius 3 is 2.72 bits per heavy atom. The third-order valence-electron chi connectivity index (χ3n) is 3.09. The molecule has 0 radical (unpaired) electrons. The predicted octanol–water partition coefficient (Wildman–Crippen LogP) is 2.48. The zero-order valence-corrected chi connectivity index (χ0v) is 12.3. The SMILES string of the molecule is CC1CC(C)CN(C=Cc2cc(=O)[nH]c(Br)n2)C1. The topological polar surface area (TPSA) is 49.0 Å². The van der Waals surface area contributed by atoms with E-state index in [-0.39, 0.29) is 5.56 Å². The Balaban J connectivity index is 2.08. The molecule has 18 heavy (non-hydrogen) atoms. The highest BCUT2D eigenvalue weighted by molar-refractivity contribution is 9.10. The van der Waals surface area contributed by atoms with Gasteiger partial charge in [0.15, 0.2) is 4.73 Å². The maximum Gasteiger partial charge on any atom is 0.252 e. The number of likely N-dealkylation sites (tertiary alicyclic amines) is 1. The second kappa shape index (κ2) is 5.69. The number of hydrogen-bond acceptors (Lipinski definition) is 3. The molecular formula is C13H18BrN3O. The van der Waals surface area contributed by atoms with Gasteiger partial charge >= 0.3 is 0 Å². The van der Waals surface area contributed by atoms with Crippen molar-refractivity contribution in [2.24, 2.45) is 11.8 Å². The summed E-state index contributed by atoms with van der Waals surface area (Å²) >= 11 is 3.18. The zero-order valence-electron chi connectivity index (χ0n) is 10.7. The molecule has 1 saturated heterocycles. The number of piperidine rings is 1. The van der Waals surface area contributed by atoms with Gasteiger partial charge in [-0.15, -0.1) is 0 Å². The van der Waals surface area contributed by atoms with Crippen LogP contribution < -0.4 is 5.56 Å². The molecule has 0 aliphatic carbocycles. The van der Waals surface area contributed by atoms with Crippen LogP contribution in [-0.4, -0.2) is 28.0 Å². The summed E-state index contributed by atoms with van der Waals surface area (Å²) in [7, 11) is 0. The lowest BCUT2D eigenvalue weighted by molar-refractivity contribution is 0.193. The lowest BCUT2D eigenvalue weighted by Gasteiger charge is -2.34. The van der Waals surface area contributed by atoms with Crippen molar-refractivity contribution in [1.82, 2.24) is 14.9 Å². The number of halogens is 1. The van der Waals surface area contributed by atoms with Gasteiger partial charge < -0.3 is 9.88 Å². The fourth-order valence-corrected chi connectivity index (χ4v) is 2.95. The van der Waals surface area contributed by atoms with Gasteiger partial charge in [-0.1, -0.05) is 13.8 Å². The van der Waals surface area contributed by atoms with Gasteiger partial charge in [0.25, 0.3) is 5.56 Å². The maximum absolute atomic E-state index is 11.3. The average molecular weight is 312 g/mol. The van der Waals surface area contributed by atoms with E-state index in [1.54, 1.807) is 0 Å². The van der Waals surface area contributed by atoms with Crippen LogP contribution in [0.1, 0.15) is 26.0 Å². The van der Waals surface area contributed by atoms with E-state index < -0.39 is 0 Å². The summed E-state index contributed by atoms with van der Waals surface area (Å²) in [6.07, 6.45) is 5.23. The molecule has 1 aliphatic rings. The standard InChI is InChI=1S/C13H18BrN3O/c1-9-5-10(2)8-17(7-9)4-3-11-6-12(18)16-13(14)15-11/h3-4,6,9-10H,5,7-8H2,1-2H3,(H,15,16,18). The first kappa shape index (κ1) is 13.3. The van der Waals surface area contributed by atoms with E-state index in [9.17, 15) is 4.79 Å². The van der Waals surface area contributed by atoms with Crippen molar-refractivity contribution in [3.05, 3.63) is 33.0 Å². The minimum Gasteiger partial charge on any atom is -0.377 e. The fourth-order valence-electron chi connectivity index (χ4n) is 2.55. The molecule has 0 bridgehead atoms. The third-order valence-corrected chi connectivity index (χ3v) is 3.46. The van der Waals surface area contributed by atoms with Gasteiger partial charge in [0.05, 0.1) is 5.69 Å². The van der Waals surface area contributed by atoms with Crippen LogP contribution in [0.15, 0.2) is 21.8 Å². The molecule has 2 rings (SSSR count). The molecular weight excluding hydrogens is 294 g/mol. The summed E-state index contributed by atoms with van der Waals surface area (Å²) < 4.78 is 0.468. The number of aromatic amines is 1. The van der Waals surface area contributed by atoms with Crippen LogP contribution in [0.5, 0.6) is 0 Å². The quantitative estimate of drug-likeness (QED) is 0.854. The summed E-state index contributed by atoms with van der Waals surface area (Å²) in [6, 6.07) is 1.50. The molecule has 0 amide bonds. The van der Waals surface area contributed by atoms with Crippen molar-refractivity contribution < 1.29 is 0 Å². The fraction of sp³-hybridized carbons (Fsp3) is 0.538. The molecule has 1 N–H and O–H groups in total. The highest BCUT2D eigenvalue weighted by atomic mass is 79.9. The Kier molecular flexibility index (Phi) is 4.22. The number of aromatic nitrogens is 2. The number of rotatable bonds is 2. The summed E-state index contributed by atoms with van der Waals surface area (Å²) in [6.45, 7) is 6.70. The Morgan fingerprint density at radius 2 is 2.11 bits per heavy atom. The second-order valence-electron chi connectivity index (χ2n) is 5.18. The van der Waals surface area contributed by atoms with Crippen LogP contribution in [0, 0.1) is 11.8 Å². The highest BCUT2D eigenvalue weighted by Gasteiger charge is 2.19. The molecule has 1 aromatic heterocycles. The number of nitrogens with zero attached hydrogens (tertiary/aromatic N) is 2. The van der Waals surface area contributed by atoms with Crippen molar-refractivity contribution in [2.75, 3.05) is 13.1 Å². The minimum absolute atomic E-state index is 0.142. The first-order valence-electron chi connectivity index (χ1n) is 6.22. The van der Waals surface area contributed by atoms with E-state index in [0.29, 0.717) is 10.4 Å². The van der Waals surface area contributed by atoms with Gasteiger partial charge in [0, 0.05) is 25.4 Å². The Labute approximate surface area is 115 Å². The monoisotopic (exact) mass is 311 g/mol. The van der Waals surface area contributed by atoms with E-state index in [4.69, 9.17) is 0 Å². The smallest absolute Gasteiger partial charge is 0.252 e. The Morgan fingerprint density at radius 1 is 1.44 bits per heavy atom. The maximum atomic E-state index is 11.3. The van der Waals surface area contributed by atoms with Crippen molar-refractivity contribution in [2.45, 2.75) is 20.3 Å². The average Bonchev–Trinajstić information content (AvgIpc) is 2.23. The molecule has 2 heterocycles. The predicted molar refractivity (Wildman–Crippen MR) is 76.1 cm³/mol. The van der Waals surface area contributed by atoms with Gasteiger partial charge in [-0.25, -0.2) is 4.98 Å². The van der Waals surface area contributed by atoms with Crippen molar-refractivity contribution in [1.29, 1.82) is 0 Å². The Bertz CT molecular complexity index is 487. The lowest BCUT2D eigenvalue weighted by Crippen LogP contribution is -2.34. The summed E-state index contributed by atoms with van der Waals surface area (Å²) in [5.41, 5.74) is 0.536. The summed E-state index contributed by atoms with van der Waals surface area (Å²) in [5, 5.41) is 0. The lowest BCUT2D eigenvalue weighted by atomic mass is 9.92. The molecule has 0 saturated carbocycles. The van der Waals surface area contributed by atoms with Crippen LogP contribution >= 0.6 is 15.9 Å². The molecule has 2 atom stereocenters. The van der Waals surface area contributed by atoms with Crippen molar-refractivity contribution in [3.63, 3.8) is 0 Å². The molecule has 5 heteroatoms. The van der Waals surface area contributed by atoms with Crippen molar-refractivity contribution >= 4 is 22.0 Å². The number of nitrogens with one attached hydrogen (secondary N) is 1. The van der Waals surface area contributed by atoms with Crippen LogP contribution in [0.2, 0.25) is 0 Å². The van der Waals surface area contributed by atoms with Gasteiger partial charge in [0.1, 0.15) is 0 Å². The zero-order chi connectivity index (χ0) is 13.1. The minimum atomic E-state index is -0.142. The Hall–Kier alpha value is -1.10. The van der Waals surface area contributed by atoms with E-state index in [0.717, 1.165) is 24.9 Å². The van der Waals surface area contributed by atoms with Crippen LogP contribution in [0.3, 0.4) is 0 Å². The molecule has 4 nitrogen and oxygen atoms in total. The van der Waals surface area contributed by atoms with Crippen LogP contribution in [-0.2, 0) is 0 Å². The molecule has 1 fully saturated rings. The molecule has 0 spiro atoms. The van der Waals surface area contributed by atoms with Gasteiger partial charge in [-0.2, -0.15) is 0 Å². The molecule has 1 aliphatic heterocycles. The molecule has 2 unspecified atom stereocenters.